The Hall–Kier alpha value is -2.48. The lowest BCUT2D eigenvalue weighted by molar-refractivity contribution is 0.545. The number of benzene rings is 2. The molecule has 3 rings (SSSR count). The maximum Gasteiger partial charge on any atom is 0.130 e. The van der Waals surface area contributed by atoms with Gasteiger partial charge in [-0.15, -0.1) is 0 Å². The van der Waals surface area contributed by atoms with Gasteiger partial charge in [-0.2, -0.15) is 0 Å². The number of pyridine rings is 1. The van der Waals surface area contributed by atoms with Crippen LogP contribution in [0.25, 0.3) is 22.5 Å². The summed E-state index contributed by atoms with van der Waals surface area (Å²) >= 11 is 0. The minimum absolute atomic E-state index is 0.134. The highest BCUT2D eigenvalue weighted by molar-refractivity contribution is 5.69. The molecular weight excluding hydrogens is 393 g/mol. The molecule has 32 heavy (non-hydrogen) atoms. The number of aromatic nitrogens is 1. The van der Waals surface area contributed by atoms with E-state index in [1.165, 1.54) is 57.8 Å². The van der Waals surface area contributed by atoms with Gasteiger partial charge in [-0.1, -0.05) is 132 Å². The van der Waals surface area contributed by atoms with E-state index in [1.54, 1.807) is 6.07 Å². The van der Waals surface area contributed by atoms with Crippen molar-refractivity contribution in [1.82, 2.24) is 4.98 Å². The van der Waals surface area contributed by atoms with Gasteiger partial charge in [-0.25, -0.2) is 9.37 Å². The monoisotopic (exact) mass is 431 g/mol. The Morgan fingerprint density at radius 2 is 1.12 bits per heavy atom. The zero-order valence-corrected chi connectivity index (χ0v) is 19.7. The van der Waals surface area contributed by atoms with E-state index in [1.807, 2.05) is 60.7 Å². The maximum absolute atomic E-state index is 15.2. The van der Waals surface area contributed by atoms with Crippen molar-refractivity contribution in [1.29, 1.82) is 0 Å². The summed E-state index contributed by atoms with van der Waals surface area (Å²) in [6.45, 7) is 2.27. The average molecular weight is 432 g/mol. The molecule has 0 spiro atoms. The van der Waals surface area contributed by atoms with Crippen molar-refractivity contribution >= 4 is 0 Å². The molecule has 1 nitrogen and oxygen atoms in total. The van der Waals surface area contributed by atoms with Crippen molar-refractivity contribution in [2.75, 3.05) is 0 Å². The van der Waals surface area contributed by atoms with Gasteiger partial charge in [0.05, 0.1) is 11.4 Å². The largest absolute Gasteiger partial charge is 0.247 e. The van der Waals surface area contributed by atoms with E-state index < -0.39 is 0 Å². The quantitative estimate of drug-likeness (QED) is 0.232. The fourth-order valence-electron chi connectivity index (χ4n) is 4.34. The summed E-state index contributed by atoms with van der Waals surface area (Å²) < 4.78 is 15.2. The predicted molar refractivity (Wildman–Crippen MR) is 135 cm³/mol. The molecule has 0 fully saturated rings. The summed E-state index contributed by atoms with van der Waals surface area (Å²) in [5.41, 5.74) is 4.18. The smallest absolute Gasteiger partial charge is 0.130 e. The summed E-state index contributed by atoms with van der Waals surface area (Å²) in [6, 6.07) is 21.5. The fraction of sp³-hybridized carbons (Fsp3) is 0.433. The minimum Gasteiger partial charge on any atom is -0.247 e. The molecule has 0 aliphatic carbocycles. The lowest BCUT2D eigenvalue weighted by Gasteiger charge is -2.13. The lowest BCUT2D eigenvalue weighted by Crippen LogP contribution is -2.01. The summed E-state index contributed by atoms with van der Waals surface area (Å²) in [5.74, 6) is -0.134. The highest BCUT2D eigenvalue weighted by Gasteiger charge is 2.15. The Morgan fingerprint density at radius 3 is 1.69 bits per heavy atom. The second kappa shape index (κ2) is 13.8. The fourth-order valence-corrected chi connectivity index (χ4v) is 4.34. The van der Waals surface area contributed by atoms with Crippen LogP contribution in [0.5, 0.6) is 0 Å². The highest BCUT2D eigenvalue weighted by Crippen LogP contribution is 2.30. The number of halogens is 1. The van der Waals surface area contributed by atoms with Crippen LogP contribution < -0.4 is 0 Å². The first-order chi connectivity index (χ1) is 15.8. The first kappa shape index (κ1) is 24.2. The molecule has 0 saturated carbocycles. The highest BCUT2D eigenvalue weighted by atomic mass is 19.1. The van der Waals surface area contributed by atoms with Crippen molar-refractivity contribution < 1.29 is 4.39 Å². The first-order valence-corrected chi connectivity index (χ1v) is 12.6. The summed E-state index contributed by atoms with van der Waals surface area (Å²) in [6.07, 6.45) is 15.0. The molecule has 0 bridgehead atoms. The number of nitrogens with zero attached hydrogens (tertiary/aromatic N) is 1. The van der Waals surface area contributed by atoms with Crippen LogP contribution in [-0.4, -0.2) is 4.98 Å². The van der Waals surface area contributed by atoms with Crippen molar-refractivity contribution in [3.8, 4) is 22.5 Å². The van der Waals surface area contributed by atoms with Gasteiger partial charge in [-0.3, -0.25) is 0 Å². The summed E-state index contributed by atoms with van der Waals surface area (Å²) in [4.78, 5) is 4.90. The molecule has 2 aromatic carbocycles. The van der Waals surface area contributed by atoms with Crippen LogP contribution >= 0.6 is 0 Å². The van der Waals surface area contributed by atoms with Crippen LogP contribution in [0.2, 0.25) is 0 Å². The normalized spacial score (nSPS) is 11.1. The number of hydrogen-bond acceptors (Lipinski definition) is 1. The third-order valence-electron chi connectivity index (χ3n) is 6.22. The SMILES string of the molecule is CCCCCCCCCCCCCc1c(F)cc(-c2ccccc2)nc1-c1ccccc1. The molecule has 0 unspecified atom stereocenters. The topological polar surface area (TPSA) is 12.9 Å². The number of rotatable bonds is 14. The number of unbranched alkanes of at least 4 members (excludes halogenated alkanes) is 10. The zero-order chi connectivity index (χ0) is 22.4. The maximum atomic E-state index is 15.2. The van der Waals surface area contributed by atoms with Crippen LogP contribution in [0.1, 0.15) is 83.1 Å². The van der Waals surface area contributed by atoms with Crippen LogP contribution in [0, 0.1) is 5.82 Å². The van der Waals surface area contributed by atoms with Crippen molar-refractivity contribution in [3.63, 3.8) is 0 Å². The Bertz CT molecular complexity index is 905. The molecule has 0 atom stereocenters. The van der Waals surface area contributed by atoms with Gasteiger partial charge in [0.15, 0.2) is 0 Å². The minimum atomic E-state index is -0.134. The van der Waals surface area contributed by atoms with E-state index >= 15 is 4.39 Å². The van der Waals surface area contributed by atoms with Gasteiger partial charge in [0, 0.05) is 22.8 Å². The van der Waals surface area contributed by atoms with Crippen LogP contribution in [0.15, 0.2) is 66.7 Å². The van der Waals surface area contributed by atoms with E-state index in [4.69, 9.17) is 4.98 Å². The molecule has 1 heterocycles. The van der Waals surface area contributed by atoms with E-state index in [0.29, 0.717) is 5.69 Å². The molecule has 0 N–H and O–H groups in total. The Balaban J connectivity index is 1.56. The second-order valence-electron chi connectivity index (χ2n) is 8.83. The summed E-state index contributed by atoms with van der Waals surface area (Å²) in [5, 5.41) is 0. The molecule has 2 heteroatoms. The Morgan fingerprint density at radius 1 is 0.625 bits per heavy atom. The third-order valence-corrected chi connectivity index (χ3v) is 6.22. The van der Waals surface area contributed by atoms with Crippen LogP contribution in [-0.2, 0) is 6.42 Å². The number of hydrogen-bond donors (Lipinski definition) is 0. The Labute approximate surface area is 194 Å². The molecule has 3 aromatic rings. The van der Waals surface area contributed by atoms with E-state index in [0.717, 1.165) is 41.6 Å². The first-order valence-electron chi connectivity index (χ1n) is 12.6. The van der Waals surface area contributed by atoms with Crippen molar-refractivity contribution in [2.24, 2.45) is 0 Å². The summed E-state index contributed by atoms with van der Waals surface area (Å²) in [7, 11) is 0. The van der Waals surface area contributed by atoms with Gasteiger partial charge < -0.3 is 0 Å². The van der Waals surface area contributed by atoms with Crippen molar-refractivity contribution in [2.45, 2.75) is 84.0 Å². The van der Waals surface area contributed by atoms with Gasteiger partial charge in [-0.05, 0) is 12.8 Å². The van der Waals surface area contributed by atoms with Gasteiger partial charge >= 0.3 is 0 Å². The molecule has 0 saturated heterocycles. The molecular formula is C30H38FN. The van der Waals surface area contributed by atoms with Gasteiger partial charge in [0.1, 0.15) is 5.82 Å². The average Bonchev–Trinajstić information content (AvgIpc) is 2.84. The predicted octanol–water partition coefficient (Wildman–Crippen LogP) is 9.41. The molecule has 0 radical (unpaired) electrons. The van der Waals surface area contributed by atoms with Crippen LogP contribution in [0.4, 0.5) is 4.39 Å². The van der Waals surface area contributed by atoms with Crippen LogP contribution in [0.3, 0.4) is 0 Å². The van der Waals surface area contributed by atoms with E-state index in [-0.39, 0.29) is 5.82 Å². The molecule has 0 aliphatic rings. The van der Waals surface area contributed by atoms with Gasteiger partial charge in [0.25, 0.3) is 0 Å². The van der Waals surface area contributed by atoms with Gasteiger partial charge in [0.2, 0.25) is 0 Å². The third kappa shape index (κ3) is 7.58. The molecule has 0 aliphatic heterocycles. The molecule has 170 valence electrons. The zero-order valence-electron chi connectivity index (χ0n) is 19.7. The van der Waals surface area contributed by atoms with E-state index in [2.05, 4.69) is 6.92 Å². The molecule has 1 aromatic heterocycles. The molecule has 0 amide bonds. The van der Waals surface area contributed by atoms with Crippen molar-refractivity contribution in [3.05, 3.63) is 78.1 Å². The van der Waals surface area contributed by atoms with E-state index in [9.17, 15) is 0 Å². The lowest BCUT2D eigenvalue weighted by atomic mass is 9.97. The second-order valence-corrected chi connectivity index (χ2v) is 8.83. The Kier molecular flexibility index (Phi) is 10.4. The standard InChI is InChI=1S/C30H38FN/c1-2-3-4-5-6-7-8-9-10-11-18-23-27-28(31)24-29(25-19-14-12-15-20-25)32-30(27)26-21-16-13-17-22-26/h12-17,19-22,24H,2-11,18,23H2,1H3.